The molecule has 0 saturated heterocycles. The fraction of sp³-hybridized carbons (Fsp3) is 0.550. The van der Waals surface area contributed by atoms with E-state index in [2.05, 4.69) is 53.7 Å². The number of aryl methyl sites for hydroxylation is 2. The molecule has 0 aliphatic heterocycles. The van der Waals surface area contributed by atoms with Crippen LogP contribution in [0.15, 0.2) is 22.5 Å². The lowest BCUT2D eigenvalue weighted by molar-refractivity contribution is 0.0957. The smallest absolute Gasteiger partial charge is 0.261 e. The Labute approximate surface area is 171 Å². The molecule has 0 fully saturated rings. The number of guanidine groups is 1. The zero-order chi connectivity index (χ0) is 20.5. The molecule has 1 amide bonds. The normalized spacial score (nSPS) is 12.7. The van der Waals surface area contributed by atoms with Gasteiger partial charge in [0.2, 0.25) is 0 Å². The van der Waals surface area contributed by atoms with Crippen LogP contribution in [0.5, 0.6) is 0 Å². The third-order valence-corrected chi connectivity index (χ3v) is 5.40. The van der Waals surface area contributed by atoms with Gasteiger partial charge in [0.05, 0.1) is 10.6 Å². The summed E-state index contributed by atoms with van der Waals surface area (Å²) in [6.07, 6.45) is 1.69. The molecule has 7 nitrogen and oxygen atoms in total. The molecule has 3 N–H and O–H groups in total. The highest BCUT2D eigenvalue weighted by atomic mass is 32.1. The summed E-state index contributed by atoms with van der Waals surface area (Å²) in [5, 5.41) is 16.1. The van der Waals surface area contributed by atoms with Crippen LogP contribution in [0.1, 0.15) is 46.9 Å². The lowest BCUT2D eigenvalue weighted by Gasteiger charge is -2.18. The monoisotopic (exact) mass is 404 g/mol. The highest BCUT2D eigenvalue weighted by molar-refractivity contribution is 7.12. The van der Waals surface area contributed by atoms with Gasteiger partial charge in [-0.3, -0.25) is 14.5 Å². The lowest BCUT2D eigenvalue weighted by atomic mass is 10.1. The van der Waals surface area contributed by atoms with Gasteiger partial charge in [0.15, 0.2) is 5.96 Å². The molecule has 2 aromatic rings. The second-order valence-electron chi connectivity index (χ2n) is 6.87. The first-order valence-corrected chi connectivity index (χ1v) is 10.7. The average molecular weight is 405 g/mol. The van der Waals surface area contributed by atoms with Crippen LogP contribution in [0.25, 0.3) is 0 Å². The van der Waals surface area contributed by atoms with Crippen LogP contribution in [0.2, 0.25) is 0 Å². The Morgan fingerprint density at radius 1 is 1.36 bits per heavy atom. The Hall–Kier alpha value is -2.35. The van der Waals surface area contributed by atoms with Gasteiger partial charge < -0.3 is 16.0 Å². The zero-order valence-corrected chi connectivity index (χ0v) is 18.3. The molecule has 1 unspecified atom stereocenters. The molecule has 154 valence electrons. The number of hydrogen-bond donors (Lipinski definition) is 3. The molecular formula is C20H32N6OS. The van der Waals surface area contributed by atoms with Crippen molar-refractivity contribution in [2.45, 2.75) is 46.6 Å². The Balaban J connectivity index is 1.80. The average Bonchev–Trinajstić information content (AvgIpc) is 3.26. The number of carbonyl (C=O) groups is 1. The second kappa shape index (κ2) is 10.8. The van der Waals surface area contributed by atoms with Crippen molar-refractivity contribution in [3.05, 3.63) is 39.3 Å². The van der Waals surface area contributed by atoms with E-state index in [4.69, 9.17) is 0 Å². The predicted octanol–water partition coefficient (Wildman–Crippen LogP) is 2.40. The lowest BCUT2D eigenvalue weighted by Crippen LogP contribution is -2.43. The Morgan fingerprint density at radius 3 is 2.75 bits per heavy atom. The van der Waals surface area contributed by atoms with E-state index < -0.39 is 0 Å². The highest BCUT2D eigenvalue weighted by Gasteiger charge is 2.14. The number of rotatable bonds is 9. The Bertz CT molecular complexity index is 781. The SMILES string of the molecule is CCNC(=NCCCNC(=O)c1cccs1)NC(C)Cc1c(C)nn(C)c1C. The van der Waals surface area contributed by atoms with Crippen LogP contribution < -0.4 is 16.0 Å². The maximum Gasteiger partial charge on any atom is 0.261 e. The van der Waals surface area contributed by atoms with E-state index in [-0.39, 0.29) is 11.9 Å². The van der Waals surface area contributed by atoms with Gasteiger partial charge in [-0.15, -0.1) is 11.3 Å². The molecular weight excluding hydrogens is 372 g/mol. The quantitative estimate of drug-likeness (QED) is 0.340. The van der Waals surface area contributed by atoms with Gasteiger partial charge in [0, 0.05) is 38.4 Å². The maximum absolute atomic E-state index is 11.9. The van der Waals surface area contributed by atoms with E-state index in [9.17, 15) is 4.79 Å². The van der Waals surface area contributed by atoms with Gasteiger partial charge in [0.1, 0.15) is 0 Å². The fourth-order valence-electron chi connectivity index (χ4n) is 2.99. The first kappa shape index (κ1) is 21.9. The summed E-state index contributed by atoms with van der Waals surface area (Å²) in [5.74, 6) is 0.790. The van der Waals surface area contributed by atoms with Crippen molar-refractivity contribution in [2.24, 2.45) is 12.0 Å². The van der Waals surface area contributed by atoms with Crippen LogP contribution in [0.4, 0.5) is 0 Å². The van der Waals surface area contributed by atoms with Gasteiger partial charge in [0.25, 0.3) is 5.91 Å². The number of amides is 1. The molecule has 8 heteroatoms. The number of thiophene rings is 1. The topological polar surface area (TPSA) is 83.3 Å². The largest absolute Gasteiger partial charge is 0.357 e. The van der Waals surface area contributed by atoms with Crippen molar-refractivity contribution in [3.8, 4) is 0 Å². The van der Waals surface area contributed by atoms with Gasteiger partial charge in [-0.1, -0.05) is 6.07 Å². The summed E-state index contributed by atoms with van der Waals surface area (Å²) in [6.45, 7) is 10.4. The minimum atomic E-state index is -0.0140. The van der Waals surface area contributed by atoms with E-state index in [1.54, 1.807) is 0 Å². The van der Waals surface area contributed by atoms with Crippen LogP contribution in [-0.4, -0.2) is 47.3 Å². The number of hydrogen-bond acceptors (Lipinski definition) is 4. The van der Waals surface area contributed by atoms with Crippen LogP contribution in [0.3, 0.4) is 0 Å². The molecule has 0 radical (unpaired) electrons. The van der Waals surface area contributed by atoms with Gasteiger partial charge in [-0.25, -0.2) is 0 Å². The standard InChI is InChI=1S/C20H32N6OS/c1-6-21-20(23-11-8-10-22-19(27)18-9-7-12-28-18)24-14(2)13-17-15(3)25-26(5)16(17)4/h7,9,12,14H,6,8,10-11,13H2,1-5H3,(H,22,27)(H2,21,23,24). The molecule has 1 atom stereocenters. The van der Waals surface area contributed by atoms with Crippen molar-refractivity contribution in [3.63, 3.8) is 0 Å². The number of carbonyl (C=O) groups excluding carboxylic acids is 1. The molecule has 0 spiro atoms. The summed E-state index contributed by atoms with van der Waals surface area (Å²) in [7, 11) is 1.98. The first-order chi connectivity index (χ1) is 13.4. The van der Waals surface area contributed by atoms with E-state index >= 15 is 0 Å². The molecule has 2 rings (SSSR count). The maximum atomic E-state index is 11.9. The molecule has 0 aliphatic carbocycles. The molecule has 0 bridgehead atoms. The van der Waals surface area contributed by atoms with Crippen molar-refractivity contribution < 1.29 is 4.79 Å². The highest BCUT2D eigenvalue weighted by Crippen LogP contribution is 2.14. The fourth-order valence-corrected chi connectivity index (χ4v) is 3.63. The zero-order valence-electron chi connectivity index (χ0n) is 17.5. The second-order valence-corrected chi connectivity index (χ2v) is 7.82. The van der Waals surface area contributed by atoms with Crippen molar-refractivity contribution in [2.75, 3.05) is 19.6 Å². The van der Waals surface area contributed by atoms with Crippen molar-refractivity contribution in [1.82, 2.24) is 25.7 Å². The number of aromatic nitrogens is 2. The van der Waals surface area contributed by atoms with E-state index in [0.29, 0.717) is 13.1 Å². The molecule has 28 heavy (non-hydrogen) atoms. The molecule has 2 aromatic heterocycles. The minimum absolute atomic E-state index is 0.0140. The Morgan fingerprint density at radius 2 is 2.14 bits per heavy atom. The van der Waals surface area contributed by atoms with Gasteiger partial charge in [-0.2, -0.15) is 5.10 Å². The van der Waals surface area contributed by atoms with E-state index in [1.807, 2.05) is 29.2 Å². The van der Waals surface area contributed by atoms with E-state index in [0.717, 1.165) is 35.9 Å². The minimum Gasteiger partial charge on any atom is -0.357 e. The summed E-state index contributed by atoms with van der Waals surface area (Å²) in [4.78, 5) is 17.3. The van der Waals surface area contributed by atoms with Crippen LogP contribution >= 0.6 is 11.3 Å². The third kappa shape index (κ3) is 6.37. The number of nitrogens with one attached hydrogen (secondary N) is 3. The Kier molecular flexibility index (Phi) is 8.50. The number of aliphatic imine (C=N–C) groups is 1. The third-order valence-electron chi connectivity index (χ3n) is 4.53. The van der Waals surface area contributed by atoms with Gasteiger partial charge >= 0.3 is 0 Å². The predicted molar refractivity (Wildman–Crippen MR) is 116 cm³/mol. The van der Waals surface area contributed by atoms with Crippen molar-refractivity contribution >= 4 is 23.2 Å². The molecule has 0 aromatic carbocycles. The van der Waals surface area contributed by atoms with Crippen molar-refractivity contribution in [1.29, 1.82) is 0 Å². The molecule has 2 heterocycles. The van der Waals surface area contributed by atoms with Crippen LogP contribution in [0, 0.1) is 13.8 Å². The summed E-state index contributed by atoms with van der Waals surface area (Å²) in [6, 6.07) is 3.95. The van der Waals surface area contributed by atoms with Gasteiger partial charge in [-0.05, 0) is 57.5 Å². The summed E-state index contributed by atoms with van der Waals surface area (Å²) >= 11 is 1.45. The van der Waals surface area contributed by atoms with Crippen LogP contribution in [-0.2, 0) is 13.5 Å². The number of nitrogens with zero attached hydrogens (tertiary/aromatic N) is 3. The molecule has 0 saturated carbocycles. The summed E-state index contributed by atoms with van der Waals surface area (Å²) in [5.41, 5.74) is 3.57. The van der Waals surface area contributed by atoms with E-state index in [1.165, 1.54) is 22.6 Å². The summed E-state index contributed by atoms with van der Waals surface area (Å²) < 4.78 is 1.93. The first-order valence-electron chi connectivity index (χ1n) is 9.78. The molecule has 0 aliphatic rings.